The predicted octanol–water partition coefficient (Wildman–Crippen LogP) is 3.38. The van der Waals surface area contributed by atoms with Crippen LogP contribution in [0.5, 0.6) is 0 Å². The molecule has 0 atom stereocenters. The summed E-state index contributed by atoms with van der Waals surface area (Å²) in [6, 6.07) is 0. The molecule has 110 valence electrons. The normalized spacial score (nSPS) is 25.4. The van der Waals surface area contributed by atoms with E-state index in [-0.39, 0.29) is 0 Å². The van der Waals surface area contributed by atoms with Crippen LogP contribution in [0, 0.1) is 5.41 Å². The quantitative estimate of drug-likeness (QED) is 0.915. The highest BCUT2D eigenvalue weighted by atomic mass is 15.1. The molecule has 1 aliphatic heterocycles. The summed E-state index contributed by atoms with van der Waals surface area (Å²) in [4.78, 5) is 5.01. The molecule has 0 spiro atoms. The fourth-order valence-electron chi connectivity index (χ4n) is 4.17. The van der Waals surface area contributed by atoms with Crippen molar-refractivity contribution in [3.8, 4) is 0 Å². The molecule has 0 bridgehead atoms. The van der Waals surface area contributed by atoms with E-state index in [0.29, 0.717) is 5.41 Å². The third-order valence-electron chi connectivity index (χ3n) is 5.56. The van der Waals surface area contributed by atoms with E-state index in [1.807, 2.05) is 0 Å². The smallest absolute Gasteiger partial charge is 0.112 e. The van der Waals surface area contributed by atoms with Gasteiger partial charge in [-0.25, -0.2) is 4.98 Å². The predicted molar refractivity (Wildman–Crippen MR) is 80.8 cm³/mol. The van der Waals surface area contributed by atoms with Gasteiger partial charge in [0.2, 0.25) is 0 Å². The number of nitrogens with one attached hydrogen (secondary N) is 1. The lowest BCUT2D eigenvalue weighted by Crippen LogP contribution is -2.30. The fourth-order valence-corrected chi connectivity index (χ4v) is 4.17. The van der Waals surface area contributed by atoms with Crippen LogP contribution in [0.1, 0.15) is 75.0 Å². The van der Waals surface area contributed by atoms with Crippen LogP contribution in [0.2, 0.25) is 0 Å². The molecule has 0 aromatic carbocycles. The van der Waals surface area contributed by atoms with E-state index in [1.54, 1.807) is 5.69 Å². The van der Waals surface area contributed by atoms with Crippen molar-refractivity contribution in [3.05, 3.63) is 17.2 Å². The highest BCUT2D eigenvalue weighted by Crippen LogP contribution is 2.43. The largest absolute Gasteiger partial charge is 0.331 e. The van der Waals surface area contributed by atoms with E-state index in [0.717, 1.165) is 19.0 Å². The lowest BCUT2D eigenvalue weighted by molar-refractivity contribution is 0.179. The first-order valence-electron chi connectivity index (χ1n) is 8.54. The van der Waals surface area contributed by atoms with Crippen LogP contribution < -0.4 is 5.32 Å². The molecule has 3 heteroatoms. The van der Waals surface area contributed by atoms with Crippen LogP contribution in [-0.2, 0) is 19.5 Å². The molecule has 2 fully saturated rings. The topological polar surface area (TPSA) is 29.9 Å². The summed E-state index contributed by atoms with van der Waals surface area (Å²) in [6.45, 7) is 5.84. The van der Waals surface area contributed by atoms with Crippen LogP contribution in [-0.4, -0.2) is 16.1 Å². The standard InChI is InChI=1S/C17H27N3/c1-17(8-3-2-4-9-17)12-20-15-7-10-18-11-14(15)19-16(20)13-5-6-13/h13,18H,2-12H2,1H3. The Balaban J connectivity index is 1.66. The van der Waals surface area contributed by atoms with E-state index in [9.17, 15) is 0 Å². The Bertz CT molecular complexity index is 493. The minimum Gasteiger partial charge on any atom is -0.331 e. The first kappa shape index (κ1) is 12.9. The van der Waals surface area contributed by atoms with Gasteiger partial charge >= 0.3 is 0 Å². The summed E-state index contributed by atoms with van der Waals surface area (Å²) in [7, 11) is 0. The molecule has 2 saturated carbocycles. The summed E-state index contributed by atoms with van der Waals surface area (Å²) in [5, 5.41) is 3.48. The van der Waals surface area contributed by atoms with Crippen LogP contribution in [0.25, 0.3) is 0 Å². The molecule has 1 aromatic heterocycles. The van der Waals surface area contributed by atoms with Crippen LogP contribution in [0.4, 0.5) is 0 Å². The van der Waals surface area contributed by atoms with Crippen molar-refractivity contribution in [2.75, 3.05) is 6.54 Å². The number of aromatic nitrogens is 2. The zero-order valence-corrected chi connectivity index (χ0v) is 12.7. The number of rotatable bonds is 3. The second-order valence-electron chi connectivity index (χ2n) is 7.52. The number of imidazole rings is 1. The first-order valence-corrected chi connectivity index (χ1v) is 8.54. The van der Waals surface area contributed by atoms with Crippen molar-refractivity contribution in [3.63, 3.8) is 0 Å². The van der Waals surface area contributed by atoms with Gasteiger partial charge in [-0.05, 0) is 31.1 Å². The van der Waals surface area contributed by atoms with Crippen molar-refractivity contribution in [2.45, 2.75) is 77.3 Å². The third-order valence-corrected chi connectivity index (χ3v) is 5.56. The maximum absolute atomic E-state index is 5.01. The first-order chi connectivity index (χ1) is 9.75. The number of hydrogen-bond acceptors (Lipinski definition) is 2. The van der Waals surface area contributed by atoms with Crippen molar-refractivity contribution in [1.29, 1.82) is 0 Å². The monoisotopic (exact) mass is 273 g/mol. The summed E-state index contributed by atoms with van der Waals surface area (Å²) >= 11 is 0. The van der Waals surface area contributed by atoms with Gasteiger partial charge in [0.1, 0.15) is 5.82 Å². The van der Waals surface area contributed by atoms with Gasteiger partial charge in [-0.15, -0.1) is 0 Å². The molecular formula is C17H27N3. The van der Waals surface area contributed by atoms with E-state index < -0.39 is 0 Å². The molecule has 2 aliphatic carbocycles. The van der Waals surface area contributed by atoms with E-state index in [2.05, 4.69) is 16.8 Å². The summed E-state index contributed by atoms with van der Waals surface area (Å²) in [5.74, 6) is 2.19. The lowest BCUT2D eigenvalue weighted by atomic mass is 9.75. The number of nitrogens with zero attached hydrogens (tertiary/aromatic N) is 2. The summed E-state index contributed by atoms with van der Waals surface area (Å²) < 4.78 is 2.65. The molecule has 0 radical (unpaired) electrons. The Kier molecular flexibility index (Phi) is 3.13. The van der Waals surface area contributed by atoms with Gasteiger partial charge in [0.15, 0.2) is 0 Å². The van der Waals surface area contributed by atoms with Crippen LogP contribution >= 0.6 is 0 Å². The van der Waals surface area contributed by atoms with E-state index in [1.165, 1.54) is 69.4 Å². The highest BCUT2D eigenvalue weighted by molar-refractivity contribution is 5.24. The Morgan fingerprint density at radius 2 is 2.05 bits per heavy atom. The second kappa shape index (κ2) is 4.87. The summed E-state index contributed by atoms with van der Waals surface area (Å²) in [5.41, 5.74) is 3.41. The molecule has 3 aliphatic rings. The molecule has 2 heterocycles. The van der Waals surface area contributed by atoms with Crippen LogP contribution in [0.3, 0.4) is 0 Å². The molecule has 4 rings (SSSR count). The summed E-state index contributed by atoms with van der Waals surface area (Å²) in [6.07, 6.45) is 11.0. The number of hydrogen-bond donors (Lipinski definition) is 1. The van der Waals surface area contributed by atoms with Crippen molar-refractivity contribution < 1.29 is 0 Å². The fraction of sp³-hybridized carbons (Fsp3) is 0.824. The third kappa shape index (κ3) is 2.30. The van der Waals surface area contributed by atoms with Crippen molar-refractivity contribution >= 4 is 0 Å². The van der Waals surface area contributed by atoms with Crippen molar-refractivity contribution in [1.82, 2.24) is 14.9 Å². The molecule has 0 saturated heterocycles. The SMILES string of the molecule is CC1(Cn2c(C3CC3)nc3c2CCNC3)CCCCC1. The number of fused-ring (bicyclic) bond motifs is 1. The molecule has 3 nitrogen and oxygen atoms in total. The van der Waals surface area contributed by atoms with Gasteiger partial charge in [0.05, 0.1) is 5.69 Å². The van der Waals surface area contributed by atoms with Gasteiger partial charge in [0, 0.05) is 37.7 Å². The Morgan fingerprint density at radius 3 is 2.80 bits per heavy atom. The van der Waals surface area contributed by atoms with Gasteiger partial charge in [-0.1, -0.05) is 26.2 Å². The van der Waals surface area contributed by atoms with Crippen LogP contribution in [0.15, 0.2) is 0 Å². The van der Waals surface area contributed by atoms with Gasteiger partial charge in [-0.3, -0.25) is 0 Å². The van der Waals surface area contributed by atoms with E-state index >= 15 is 0 Å². The Morgan fingerprint density at radius 1 is 1.25 bits per heavy atom. The van der Waals surface area contributed by atoms with Crippen molar-refractivity contribution in [2.24, 2.45) is 5.41 Å². The minimum absolute atomic E-state index is 0.515. The second-order valence-corrected chi connectivity index (χ2v) is 7.52. The average molecular weight is 273 g/mol. The zero-order chi connectivity index (χ0) is 13.6. The molecule has 0 amide bonds. The molecule has 1 N–H and O–H groups in total. The Labute approximate surface area is 122 Å². The van der Waals surface area contributed by atoms with Gasteiger partial charge in [0.25, 0.3) is 0 Å². The maximum Gasteiger partial charge on any atom is 0.112 e. The maximum atomic E-state index is 5.01. The van der Waals surface area contributed by atoms with Gasteiger partial charge in [-0.2, -0.15) is 0 Å². The van der Waals surface area contributed by atoms with E-state index in [4.69, 9.17) is 4.98 Å². The highest BCUT2D eigenvalue weighted by Gasteiger charge is 2.35. The lowest BCUT2D eigenvalue weighted by Gasteiger charge is -2.35. The minimum atomic E-state index is 0.515. The van der Waals surface area contributed by atoms with Gasteiger partial charge < -0.3 is 9.88 Å². The zero-order valence-electron chi connectivity index (χ0n) is 12.7. The Hall–Kier alpha value is -0.830. The molecule has 20 heavy (non-hydrogen) atoms. The molecule has 0 unspecified atom stereocenters. The molecule has 1 aromatic rings. The average Bonchev–Trinajstić information content (AvgIpc) is 3.24. The molecular weight excluding hydrogens is 246 g/mol.